The van der Waals surface area contributed by atoms with E-state index in [0.29, 0.717) is 4.83 Å². The van der Waals surface area contributed by atoms with E-state index in [1.165, 1.54) is 5.69 Å². The number of likely N-dealkylation sites (N-methyl/N-ethyl adjacent to an activating group) is 1. The van der Waals surface area contributed by atoms with Crippen molar-refractivity contribution in [3.05, 3.63) is 11.9 Å². The third-order valence-electron chi connectivity index (χ3n) is 3.03. The Morgan fingerprint density at radius 1 is 1.50 bits per heavy atom. The summed E-state index contributed by atoms with van der Waals surface area (Å²) in [6.45, 7) is 4.09. The number of methoxy groups -OCH3 is 1. The Morgan fingerprint density at radius 3 is 2.78 bits per heavy atom. The molecule has 0 aliphatic heterocycles. The van der Waals surface area contributed by atoms with Crippen LogP contribution in [0.4, 0.5) is 0 Å². The van der Waals surface area contributed by atoms with Crippen LogP contribution in [0.5, 0.6) is 5.75 Å². The van der Waals surface area contributed by atoms with E-state index in [-0.39, 0.29) is 0 Å². The van der Waals surface area contributed by atoms with Crippen molar-refractivity contribution in [3.8, 4) is 5.75 Å². The molecule has 0 saturated heterocycles. The lowest BCUT2D eigenvalue weighted by atomic mass is 10.1. The van der Waals surface area contributed by atoms with Crippen molar-refractivity contribution in [2.45, 2.75) is 37.6 Å². The van der Waals surface area contributed by atoms with Gasteiger partial charge in [-0.05, 0) is 33.4 Å². The summed E-state index contributed by atoms with van der Waals surface area (Å²) >= 11 is 3.68. The van der Waals surface area contributed by atoms with E-state index in [1.807, 2.05) is 6.20 Å². The Kier molecular flexibility index (Phi) is 6.71. The van der Waals surface area contributed by atoms with Crippen LogP contribution in [0.25, 0.3) is 0 Å². The molecule has 0 aromatic carbocycles. The van der Waals surface area contributed by atoms with Crippen molar-refractivity contribution in [1.82, 2.24) is 14.7 Å². The molecule has 0 bridgehead atoms. The van der Waals surface area contributed by atoms with E-state index >= 15 is 0 Å². The average molecular weight is 318 g/mol. The lowest BCUT2D eigenvalue weighted by molar-refractivity contribution is 0.365. The van der Waals surface area contributed by atoms with E-state index in [0.717, 1.165) is 38.1 Å². The van der Waals surface area contributed by atoms with Crippen molar-refractivity contribution in [1.29, 1.82) is 0 Å². The summed E-state index contributed by atoms with van der Waals surface area (Å²) in [5.74, 6) is 0.907. The maximum Gasteiger partial charge on any atom is 0.159 e. The molecule has 1 atom stereocenters. The van der Waals surface area contributed by atoms with Crippen LogP contribution in [0.1, 0.15) is 25.5 Å². The van der Waals surface area contributed by atoms with Gasteiger partial charge in [0, 0.05) is 11.4 Å². The fourth-order valence-electron chi connectivity index (χ4n) is 1.80. The summed E-state index contributed by atoms with van der Waals surface area (Å²) in [6.07, 6.45) is 5.08. The normalized spacial score (nSPS) is 13.0. The molecule has 1 rings (SSSR count). The number of aromatic nitrogens is 2. The van der Waals surface area contributed by atoms with E-state index in [1.54, 1.807) is 7.11 Å². The quantitative estimate of drug-likeness (QED) is 0.690. The number of alkyl halides is 1. The van der Waals surface area contributed by atoms with Gasteiger partial charge in [0.05, 0.1) is 25.5 Å². The van der Waals surface area contributed by atoms with Gasteiger partial charge in [-0.25, -0.2) is 0 Å². The number of ether oxygens (including phenoxy) is 1. The zero-order valence-electron chi connectivity index (χ0n) is 11.8. The lowest BCUT2D eigenvalue weighted by Gasteiger charge is -2.13. The Labute approximate surface area is 118 Å². The molecule has 0 aliphatic rings. The molecular formula is C13H24BrN3O. The summed E-state index contributed by atoms with van der Waals surface area (Å²) in [7, 11) is 5.86. The van der Waals surface area contributed by atoms with E-state index in [9.17, 15) is 0 Å². The van der Waals surface area contributed by atoms with Gasteiger partial charge in [-0.3, -0.25) is 4.68 Å². The highest BCUT2D eigenvalue weighted by Gasteiger charge is 2.13. The molecule has 1 unspecified atom stereocenters. The zero-order valence-corrected chi connectivity index (χ0v) is 13.4. The topological polar surface area (TPSA) is 30.3 Å². The van der Waals surface area contributed by atoms with Crippen molar-refractivity contribution >= 4 is 15.9 Å². The van der Waals surface area contributed by atoms with Gasteiger partial charge in [0.1, 0.15) is 0 Å². The zero-order chi connectivity index (χ0) is 13.5. The summed E-state index contributed by atoms with van der Waals surface area (Å²) in [4.78, 5) is 2.73. The van der Waals surface area contributed by atoms with Crippen LogP contribution in [0.3, 0.4) is 0 Å². The first-order valence-corrected chi connectivity index (χ1v) is 7.37. The fourth-order valence-corrected chi connectivity index (χ4v) is 2.03. The Hall–Kier alpha value is -0.550. The molecule has 0 radical (unpaired) electrons. The highest BCUT2D eigenvalue weighted by molar-refractivity contribution is 9.09. The predicted molar refractivity (Wildman–Crippen MR) is 78.7 cm³/mol. The molecule has 0 fully saturated rings. The van der Waals surface area contributed by atoms with Crippen LogP contribution in [0, 0.1) is 0 Å². The number of halogens is 1. The Morgan fingerprint density at radius 2 is 2.22 bits per heavy atom. The molecule has 1 aromatic heterocycles. The summed E-state index contributed by atoms with van der Waals surface area (Å²) in [5.41, 5.74) is 1.21. The first kappa shape index (κ1) is 15.5. The number of nitrogens with zero attached hydrogens (tertiary/aromatic N) is 3. The average Bonchev–Trinajstić information content (AvgIpc) is 2.75. The standard InChI is InChI=1S/C13H24BrN3O/c1-5-11(14)6-7-12-13(18-4)10-15-17(12)9-8-16(2)3/h10-11H,5-9H2,1-4H3. The van der Waals surface area contributed by atoms with Crippen LogP contribution in [0.15, 0.2) is 6.20 Å². The first-order chi connectivity index (χ1) is 8.58. The van der Waals surface area contributed by atoms with Crippen LogP contribution in [-0.4, -0.2) is 47.3 Å². The second-order valence-electron chi connectivity index (χ2n) is 4.73. The number of rotatable bonds is 8. The SMILES string of the molecule is CCC(Br)CCc1c(OC)cnn1CCN(C)C. The summed E-state index contributed by atoms with van der Waals surface area (Å²) in [5, 5.41) is 4.41. The van der Waals surface area contributed by atoms with Crippen molar-refractivity contribution in [3.63, 3.8) is 0 Å². The molecule has 18 heavy (non-hydrogen) atoms. The molecule has 0 saturated carbocycles. The largest absolute Gasteiger partial charge is 0.493 e. The second-order valence-corrected chi connectivity index (χ2v) is 6.03. The van der Waals surface area contributed by atoms with Crippen molar-refractivity contribution in [2.75, 3.05) is 27.7 Å². The van der Waals surface area contributed by atoms with Crippen molar-refractivity contribution in [2.24, 2.45) is 0 Å². The van der Waals surface area contributed by atoms with E-state index in [2.05, 4.69) is 51.6 Å². The van der Waals surface area contributed by atoms with Gasteiger partial charge in [0.15, 0.2) is 5.75 Å². The third-order valence-corrected chi connectivity index (χ3v) is 4.13. The van der Waals surface area contributed by atoms with Crippen LogP contribution < -0.4 is 4.74 Å². The highest BCUT2D eigenvalue weighted by Crippen LogP contribution is 2.22. The molecule has 104 valence electrons. The van der Waals surface area contributed by atoms with Gasteiger partial charge in [0.2, 0.25) is 0 Å². The Balaban J connectivity index is 2.68. The first-order valence-electron chi connectivity index (χ1n) is 6.46. The number of hydrogen-bond donors (Lipinski definition) is 0. The van der Waals surface area contributed by atoms with Crippen molar-refractivity contribution < 1.29 is 4.74 Å². The minimum absolute atomic E-state index is 0.569. The van der Waals surface area contributed by atoms with Crippen LogP contribution in [-0.2, 0) is 13.0 Å². The Bertz CT molecular complexity index is 352. The van der Waals surface area contributed by atoms with E-state index in [4.69, 9.17) is 4.74 Å². The molecular weight excluding hydrogens is 294 g/mol. The smallest absolute Gasteiger partial charge is 0.159 e. The maximum absolute atomic E-state index is 5.39. The second kappa shape index (κ2) is 7.79. The van der Waals surface area contributed by atoms with Crippen LogP contribution >= 0.6 is 15.9 Å². The lowest BCUT2D eigenvalue weighted by Crippen LogP contribution is -2.20. The third kappa shape index (κ3) is 4.61. The fraction of sp³-hybridized carbons (Fsp3) is 0.769. The molecule has 0 spiro atoms. The molecule has 1 heterocycles. The monoisotopic (exact) mass is 317 g/mol. The molecule has 0 N–H and O–H groups in total. The highest BCUT2D eigenvalue weighted by atomic mass is 79.9. The molecule has 0 amide bonds. The van der Waals surface area contributed by atoms with Gasteiger partial charge in [-0.15, -0.1) is 0 Å². The summed E-state index contributed by atoms with van der Waals surface area (Å²) < 4.78 is 7.45. The van der Waals surface area contributed by atoms with Gasteiger partial charge < -0.3 is 9.64 Å². The minimum atomic E-state index is 0.569. The van der Waals surface area contributed by atoms with E-state index < -0.39 is 0 Å². The molecule has 0 aliphatic carbocycles. The van der Waals surface area contributed by atoms with Crippen LogP contribution in [0.2, 0.25) is 0 Å². The molecule has 4 nitrogen and oxygen atoms in total. The van der Waals surface area contributed by atoms with Gasteiger partial charge in [-0.1, -0.05) is 22.9 Å². The van der Waals surface area contributed by atoms with Gasteiger partial charge >= 0.3 is 0 Å². The van der Waals surface area contributed by atoms with Gasteiger partial charge in [-0.2, -0.15) is 5.10 Å². The number of hydrogen-bond acceptors (Lipinski definition) is 3. The summed E-state index contributed by atoms with van der Waals surface area (Å²) in [6, 6.07) is 0. The minimum Gasteiger partial charge on any atom is -0.493 e. The maximum atomic E-state index is 5.39. The van der Waals surface area contributed by atoms with Gasteiger partial charge in [0.25, 0.3) is 0 Å². The molecule has 5 heteroatoms. The molecule has 1 aromatic rings. The predicted octanol–water partition coefficient (Wildman–Crippen LogP) is 2.56.